The second-order valence-electron chi connectivity index (χ2n) is 4.05. The van der Waals surface area contributed by atoms with Crippen molar-refractivity contribution in [2.45, 2.75) is 0 Å². The Morgan fingerprint density at radius 2 is 1.40 bits per heavy atom. The van der Waals surface area contributed by atoms with Crippen molar-refractivity contribution in [3.63, 3.8) is 0 Å². The van der Waals surface area contributed by atoms with E-state index in [0.717, 1.165) is 22.4 Å². The van der Waals surface area contributed by atoms with Crippen molar-refractivity contribution in [1.82, 2.24) is 0 Å². The second-order valence-corrected chi connectivity index (χ2v) is 8.32. The second kappa shape index (κ2) is 7.53. The summed E-state index contributed by atoms with van der Waals surface area (Å²) < 4.78 is 13.3. The van der Waals surface area contributed by atoms with E-state index in [9.17, 15) is 4.57 Å². The van der Waals surface area contributed by atoms with Gasteiger partial charge in [-0.15, -0.1) is 12.4 Å². The minimum absolute atomic E-state index is 0. The fourth-order valence-electron chi connectivity index (χ4n) is 1.80. The van der Waals surface area contributed by atoms with E-state index in [4.69, 9.17) is 11.1 Å². The van der Waals surface area contributed by atoms with Gasteiger partial charge in [0.15, 0.2) is 12.3 Å². The van der Waals surface area contributed by atoms with Crippen LogP contribution in [0, 0.1) is 5.41 Å². The molecule has 0 fully saturated rings. The molecule has 3 N–H and O–H groups in total. The number of hydrogen-bond donors (Lipinski definition) is 2. The molecule has 2 rings (SSSR count). The van der Waals surface area contributed by atoms with Crippen LogP contribution in [0.5, 0.6) is 0 Å². The molecule has 0 saturated heterocycles. The van der Waals surface area contributed by atoms with Crippen molar-refractivity contribution < 1.29 is 4.57 Å². The molecule has 0 radical (unpaired) electrons. The van der Waals surface area contributed by atoms with E-state index in [-0.39, 0.29) is 17.6 Å². The molecule has 0 bridgehead atoms. The molecule has 0 aliphatic rings. The summed E-state index contributed by atoms with van der Waals surface area (Å²) in [6.45, 7) is 0. The average Bonchev–Trinajstić information content (AvgIpc) is 2.46. The maximum Gasteiger partial charge on any atom is 0.153 e. The van der Waals surface area contributed by atoms with Crippen molar-refractivity contribution in [3.8, 4) is 0 Å². The first-order chi connectivity index (χ1) is 9.13. The molecule has 0 atom stereocenters. The van der Waals surface area contributed by atoms with Gasteiger partial charge in [-0.1, -0.05) is 72.4 Å². The number of halogens is 1. The maximum absolute atomic E-state index is 13.3. The van der Waals surface area contributed by atoms with Crippen LogP contribution in [0.15, 0.2) is 60.7 Å². The highest BCUT2D eigenvalue weighted by atomic mass is 35.5. The Hall–Kier alpha value is -1.22. The van der Waals surface area contributed by atoms with E-state index < -0.39 is 7.14 Å². The number of benzene rings is 2. The van der Waals surface area contributed by atoms with E-state index in [2.05, 4.69) is 0 Å². The molecule has 3 nitrogen and oxygen atoms in total. The van der Waals surface area contributed by atoms with Gasteiger partial charge >= 0.3 is 0 Å². The van der Waals surface area contributed by atoms with Gasteiger partial charge in [0, 0.05) is 10.6 Å². The molecular formula is C14H16ClN2OPS. The van der Waals surface area contributed by atoms with Crippen LogP contribution in [0.25, 0.3) is 0 Å². The summed E-state index contributed by atoms with van der Waals surface area (Å²) in [5, 5.41) is 8.91. The Balaban J connectivity index is 0.00000200. The largest absolute Gasteiger partial charge is 0.379 e. The zero-order valence-electron chi connectivity index (χ0n) is 10.7. The fraction of sp³-hybridized carbons (Fsp3) is 0.0714. The summed E-state index contributed by atoms with van der Waals surface area (Å²) in [6, 6.07) is 18.8. The predicted molar refractivity (Wildman–Crippen MR) is 91.4 cm³/mol. The van der Waals surface area contributed by atoms with Crippen LogP contribution in [0.4, 0.5) is 0 Å². The van der Waals surface area contributed by atoms with Gasteiger partial charge in [-0.25, -0.2) is 0 Å². The quantitative estimate of drug-likeness (QED) is 0.515. The summed E-state index contributed by atoms with van der Waals surface area (Å²) in [5.74, 6) is 0. The van der Waals surface area contributed by atoms with E-state index in [1.807, 2.05) is 60.7 Å². The summed E-state index contributed by atoms with van der Waals surface area (Å²) in [6.07, 6.45) is 0. The first kappa shape index (κ1) is 16.8. The molecule has 6 heteroatoms. The number of amidine groups is 1. The molecular weight excluding hydrogens is 311 g/mol. The van der Waals surface area contributed by atoms with Crippen LogP contribution in [-0.2, 0) is 4.57 Å². The number of rotatable bonds is 4. The van der Waals surface area contributed by atoms with Gasteiger partial charge in [-0.3, -0.25) is 5.41 Å². The minimum Gasteiger partial charge on any atom is -0.379 e. The molecule has 0 spiro atoms. The average molecular weight is 327 g/mol. The third kappa shape index (κ3) is 3.89. The summed E-state index contributed by atoms with van der Waals surface area (Å²) in [5.41, 5.74) is 5.70. The number of thioether (sulfide) groups is 1. The van der Waals surface area contributed by atoms with E-state index in [1.54, 1.807) is 0 Å². The summed E-state index contributed by atoms with van der Waals surface area (Å²) in [7, 11) is -2.74. The third-order valence-corrected chi connectivity index (χ3v) is 7.29. The van der Waals surface area contributed by atoms with Crippen LogP contribution in [0.3, 0.4) is 0 Å². The first-order valence-electron chi connectivity index (χ1n) is 5.80. The van der Waals surface area contributed by atoms with Crippen molar-refractivity contribution in [2.24, 2.45) is 5.73 Å². The molecule has 20 heavy (non-hydrogen) atoms. The molecule has 0 unspecified atom stereocenters. The molecule has 0 aromatic heterocycles. The lowest BCUT2D eigenvalue weighted by Gasteiger charge is -2.18. The van der Waals surface area contributed by atoms with Crippen molar-refractivity contribution >= 4 is 47.1 Å². The first-order valence-corrected chi connectivity index (χ1v) is 8.68. The van der Waals surface area contributed by atoms with E-state index in [1.165, 1.54) is 0 Å². The lowest BCUT2D eigenvalue weighted by molar-refractivity contribution is 0.590. The van der Waals surface area contributed by atoms with E-state index >= 15 is 0 Å². The molecule has 2 aromatic rings. The van der Waals surface area contributed by atoms with Crippen LogP contribution >= 0.6 is 31.3 Å². The van der Waals surface area contributed by atoms with E-state index in [0.29, 0.717) is 5.49 Å². The molecule has 106 valence electrons. The fourth-order valence-corrected chi connectivity index (χ4v) is 5.88. The molecule has 0 amide bonds. The lowest BCUT2D eigenvalue weighted by atomic mass is 10.4. The van der Waals surface area contributed by atoms with Crippen molar-refractivity contribution in [1.29, 1.82) is 5.41 Å². The van der Waals surface area contributed by atoms with Crippen molar-refractivity contribution in [3.05, 3.63) is 60.7 Å². The van der Waals surface area contributed by atoms with Gasteiger partial charge in [0.25, 0.3) is 0 Å². The Labute approximate surface area is 129 Å². The smallest absolute Gasteiger partial charge is 0.153 e. The van der Waals surface area contributed by atoms with Crippen LogP contribution in [0.2, 0.25) is 0 Å². The van der Waals surface area contributed by atoms with Gasteiger partial charge < -0.3 is 10.3 Å². The SMILES string of the molecule is Cl.N=C(N)SCP(=O)(c1ccccc1)c1ccccc1. The molecule has 0 aliphatic heterocycles. The van der Waals surface area contributed by atoms with Gasteiger partial charge in [0.1, 0.15) is 0 Å². The van der Waals surface area contributed by atoms with Gasteiger partial charge in [0.05, 0.1) is 5.49 Å². The highest BCUT2D eigenvalue weighted by molar-refractivity contribution is 8.19. The highest BCUT2D eigenvalue weighted by Gasteiger charge is 2.27. The Kier molecular flexibility index (Phi) is 6.34. The predicted octanol–water partition coefficient (Wildman–Crippen LogP) is 3.01. The highest BCUT2D eigenvalue weighted by Crippen LogP contribution is 2.46. The summed E-state index contributed by atoms with van der Waals surface area (Å²) in [4.78, 5) is 0. The van der Waals surface area contributed by atoms with Crippen LogP contribution in [0.1, 0.15) is 0 Å². The van der Waals surface area contributed by atoms with Gasteiger partial charge in [-0.05, 0) is 0 Å². The standard InChI is InChI=1S/C14H15N2OPS.ClH/c15-14(16)19-11-18(17,12-7-3-1-4-8-12)13-9-5-2-6-10-13;/h1-10H,11H2,(H3,15,16);1H. The Morgan fingerprint density at radius 1 is 1.00 bits per heavy atom. The molecule has 0 aliphatic carbocycles. The normalized spacial score (nSPS) is 10.6. The lowest BCUT2D eigenvalue weighted by Crippen LogP contribution is -2.18. The molecule has 0 saturated carbocycles. The summed E-state index contributed by atoms with van der Waals surface area (Å²) >= 11 is 1.13. The Morgan fingerprint density at radius 3 is 1.75 bits per heavy atom. The third-order valence-electron chi connectivity index (χ3n) is 2.75. The van der Waals surface area contributed by atoms with Gasteiger partial charge in [-0.2, -0.15) is 0 Å². The zero-order chi connectivity index (χ0) is 13.7. The molecule has 0 heterocycles. The Bertz CT molecular complexity index is 564. The number of nitrogens with two attached hydrogens (primary N) is 1. The minimum atomic E-state index is -2.74. The van der Waals surface area contributed by atoms with Crippen LogP contribution < -0.4 is 16.3 Å². The van der Waals surface area contributed by atoms with Gasteiger partial charge in [0.2, 0.25) is 0 Å². The molecule has 2 aromatic carbocycles. The zero-order valence-corrected chi connectivity index (χ0v) is 13.3. The maximum atomic E-state index is 13.3. The monoisotopic (exact) mass is 326 g/mol. The number of nitrogens with one attached hydrogen (secondary N) is 1. The van der Waals surface area contributed by atoms with Crippen LogP contribution in [-0.4, -0.2) is 10.7 Å². The number of hydrogen-bond acceptors (Lipinski definition) is 3. The van der Waals surface area contributed by atoms with Crippen molar-refractivity contribution in [2.75, 3.05) is 5.49 Å². The topological polar surface area (TPSA) is 66.9 Å².